The summed E-state index contributed by atoms with van der Waals surface area (Å²) in [5.41, 5.74) is -0.852. The number of carbonyl (C=O) groups is 1. The summed E-state index contributed by atoms with van der Waals surface area (Å²) in [4.78, 5) is 13.7. The highest BCUT2D eigenvalue weighted by Crippen LogP contribution is 2.24. The zero-order valence-electron chi connectivity index (χ0n) is 7.74. The van der Waals surface area contributed by atoms with E-state index in [1.807, 2.05) is 0 Å². The van der Waals surface area contributed by atoms with Crippen LogP contribution in [0.15, 0.2) is 30.3 Å². The Morgan fingerprint density at radius 3 is 2.57 bits per heavy atom. The van der Waals surface area contributed by atoms with Gasteiger partial charge in [0.2, 0.25) is 0 Å². The Labute approximate surface area is 81.0 Å². The summed E-state index contributed by atoms with van der Waals surface area (Å²) in [5.74, 6) is -1.08. The van der Waals surface area contributed by atoms with E-state index in [2.05, 4.69) is 4.94 Å². The van der Waals surface area contributed by atoms with Gasteiger partial charge in [0.05, 0.1) is 12.0 Å². The number of rotatable bonds is 3. The van der Waals surface area contributed by atoms with Gasteiger partial charge in [-0.15, -0.1) is 0 Å². The van der Waals surface area contributed by atoms with Crippen molar-refractivity contribution in [3.8, 4) is 0 Å². The van der Waals surface area contributed by atoms with Crippen LogP contribution in [0.2, 0.25) is 0 Å². The lowest BCUT2D eigenvalue weighted by Gasteiger charge is -2.21. The van der Waals surface area contributed by atoms with Crippen LogP contribution in [-0.4, -0.2) is 11.1 Å². The predicted octanol–water partition coefficient (Wildman–Crippen LogP) is 1.71. The fourth-order valence-corrected chi connectivity index (χ4v) is 1.21. The summed E-state index contributed by atoms with van der Waals surface area (Å²) >= 11 is 0. The molecule has 3 nitrogen and oxygen atoms in total. The van der Waals surface area contributed by atoms with E-state index in [1.165, 1.54) is 6.92 Å². The van der Waals surface area contributed by atoms with Crippen LogP contribution >= 0.6 is 0 Å². The van der Waals surface area contributed by atoms with Gasteiger partial charge < -0.3 is 5.11 Å². The van der Waals surface area contributed by atoms with Gasteiger partial charge in [-0.3, -0.25) is 4.94 Å². The first-order valence-electron chi connectivity index (χ1n) is 4.15. The van der Waals surface area contributed by atoms with E-state index in [-0.39, 0.29) is 0 Å². The van der Waals surface area contributed by atoms with Crippen molar-refractivity contribution in [3.05, 3.63) is 35.9 Å². The molecule has 1 rings (SSSR count). The van der Waals surface area contributed by atoms with Crippen LogP contribution in [0.4, 0.5) is 4.53 Å². The monoisotopic (exact) mass is 198 g/mol. The SMILES string of the molecule is CC(O)(CC(=O)OF)c1ccccc1. The van der Waals surface area contributed by atoms with E-state index < -0.39 is 18.0 Å². The molecule has 1 N–H and O–H groups in total. The van der Waals surface area contributed by atoms with Crippen molar-refractivity contribution in [1.82, 2.24) is 0 Å². The molecule has 0 aliphatic rings. The molecule has 0 spiro atoms. The van der Waals surface area contributed by atoms with Gasteiger partial charge in [0, 0.05) is 4.53 Å². The number of hydrogen-bond donors (Lipinski definition) is 1. The summed E-state index contributed by atoms with van der Waals surface area (Å²) in [6, 6.07) is 8.55. The van der Waals surface area contributed by atoms with Crippen molar-refractivity contribution in [2.45, 2.75) is 18.9 Å². The highest BCUT2D eigenvalue weighted by molar-refractivity contribution is 5.70. The second-order valence-corrected chi connectivity index (χ2v) is 3.27. The second-order valence-electron chi connectivity index (χ2n) is 3.27. The molecule has 0 saturated heterocycles. The molecule has 76 valence electrons. The first-order chi connectivity index (χ1) is 6.56. The Kier molecular flexibility index (Phi) is 3.19. The van der Waals surface area contributed by atoms with Gasteiger partial charge in [-0.05, 0) is 12.5 Å². The molecular formula is C10H11FO3. The van der Waals surface area contributed by atoms with Gasteiger partial charge >= 0.3 is 5.97 Å². The normalized spacial score (nSPS) is 14.5. The third-order valence-corrected chi connectivity index (χ3v) is 1.97. The zero-order valence-corrected chi connectivity index (χ0v) is 7.74. The Morgan fingerprint density at radius 1 is 1.50 bits per heavy atom. The maximum Gasteiger partial charge on any atom is 0.352 e. The lowest BCUT2D eigenvalue weighted by molar-refractivity contribution is -0.188. The van der Waals surface area contributed by atoms with E-state index >= 15 is 0 Å². The first kappa shape index (κ1) is 10.7. The van der Waals surface area contributed by atoms with Gasteiger partial charge in [-0.25, -0.2) is 4.79 Å². The Bertz CT molecular complexity index is 308. The van der Waals surface area contributed by atoms with Gasteiger partial charge in [-0.2, -0.15) is 0 Å². The minimum atomic E-state index is -1.40. The second kappa shape index (κ2) is 4.19. The van der Waals surface area contributed by atoms with Crippen molar-refractivity contribution < 1.29 is 19.4 Å². The quantitative estimate of drug-likeness (QED) is 0.804. The Balaban J connectivity index is 2.80. The topological polar surface area (TPSA) is 46.5 Å². The number of halogens is 1. The highest BCUT2D eigenvalue weighted by Gasteiger charge is 2.27. The lowest BCUT2D eigenvalue weighted by atomic mass is 9.93. The summed E-state index contributed by atoms with van der Waals surface area (Å²) < 4.78 is 11.5. The zero-order chi connectivity index (χ0) is 10.6. The number of benzene rings is 1. The van der Waals surface area contributed by atoms with E-state index in [9.17, 15) is 14.4 Å². The summed E-state index contributed by atoms with van der Waals surface area (Å²) in [7, 11) is 0. The smallest absolute Gasteiger partial charge is 0.352 e. The minimum Gasteiger partial charge on any atom is -0.385 e. The third-order valence-electron chi connectivity index (χ3n) is 1.97. The fraction of sp³-hybridized carbons (Fsp3) is 0.300. The molecule has 1 aromatic carbocycles. The summed E-state index contributed by atoms with van der Waals surface area (Å²) in [6.07, 6.45) is -0.409. The van der Waals surface area contributed by atoms with Crippen molar-refractivity contribution in [1.29, 1.82) is 0 Å². The molecule has 0 radical (unpaired) electrons. The molecule has 0 fully saturated rings. The molecule has 1 atom stereocenters. The molecule has 0 heterocycles. The van der Waals surface area contributed by atoms with Gasteiger partial charge in [0.1, 0.15) is 0 Å². The van der Waals surface area contributed by atoms with Crippen LogP contribution in [0.3, 0.4) is 0 Å². The van der Waals surface area contributed by atoms with E-state index in [1.54, 1.807) is 30.3 Å². The van der Waals surface area contributed by atoms with E-state index in [4.69, 9.17) is 0 Å². The molecule has 4 heteroatoms. The summed E-state index contributed by atoms with van der Waals surface area (Å²) in [5, 5.41) is 9.82. The lowest BCUT2D eigenvalue weighted by Crippen LogP contribution is -2.25. The predicted molar refractivity (Wildman–Crippen MR) is 47.8 cm³/mol. The fourth-order valence-electron chi connectivity index (χ4n) is 1.21. The molecule has 0 aliphatic carbocycles. The van der Waals surface area contributed by atoms with Gasteiger partial charge in [0.25, 0.3) is 0 Å². The van der Waals surface area contributed by atoms with Crippen molar-refractivity contribution in [2.75, 3.05) is 0 Å². The molecule has 0 aromatic heterocycles. The molecule has 0 bridgehead atoms. The minimum absolute atomic E-state index is 0.409. The van der Waals surface area contributed by atoms with Crippen molar-refractivity contribution in [2.24, 2.45) is 0 Å². The van der Waals surface area contributed by atoms with Crippen LogP contribution in [0.5, 0.6) is 0 Å². The molecular weight excluding hydrogens is 187 g/mol. The number of aliphatic hydroxyl groups is 1. The van der Waals surface area contributed by atoms with Crippen LogP contribution < -0.4 is 0 Å². The van der Waals surface area contributed by atoms with Gasteiger partial charge in [-0.1, -0.05) is 30.3 Å². The molecule has 0 amide bonds. The number of carbonyl (C=O) groups excluding carboxylic acids is 1. The summed E-state index contributed by atoms with van der Waals surface area (Å²) in [6.45, 7) is 1.43. The standard InChI is InChI=1S/C10H11FO3/c1-10(13,7-9(12)14-11)8-5-3-2-4-6-8/h2-6,13H,7H2,1H3. The average molecular weight is 198 g/mol. The molecule has 0 saturated carbocycles. The third kappa shape index (κ3) is 2.53. The van der Waals surface area contributed by atoms with Crippen molar-refractivity contribution in [3.63, 3.8) is 0 Å². The molecule has 1 aromatic rings. The first-order valence-corrected chi connectivity index (χ1v) is 4.15. The number of hydrogen-bond acceptors (Lipinski definition) is 3. The maximum atomic E-state index is 11.5. The highest BCUT2D eigenvalue weighted by atomic mass is 19.3. The van der Waals surface area contributed by atoms with E-state index in [0.717, 1.165) is 0 Å². The Morgan fingerprint density at radius 2 is 2.07 bits per heavy atom. The largest absolute Gasteiger partial charge is 0.385 e. The van der Waals surface area contributed by atoms with E-state index in [0.29, 0.717) is 5.56 Å². The molecule has 0 aliphatic heterocycles. The van der Waals surface area contributed by atoms with Crippen LogP contribution in [0, 0.1) is 0 Å². The van der Waals surface area contributed by atoms with Crippen molar-refractivity contribution >= 4 is 5.97 Å². The Hall–Kier alpha value is -1.42. The van der Waals surface area contributed by atoms with Crippen LogP contribution in [0.1, 0.15) is 18.9 Å². The maximum absolute atomic E-state index is 11.5. The molecule has 14 heavy (non-hydrogen) atoms. The van der Waals surface area contributed by atoms with Crippen LogP contribution in [0.25, 0.3) is 0 Å². The van der Waals surface area contributed by atoms with Crippen LogP contribution in [-0.2, 0) is 15.3 Å². The average Bonchev–Trinajstić information content (AvgIpc) is 2.18. The van der Waals surface area contributed by atoms with Gasteiger partial charge in [0.15, 0.2) is 0 Å². The molecule has 1 unspecified atom stereocenters.